The zero-order valence-corrected chi connectivity index (χ0v) is 23.2. The van der Waals surface area contributed by atoms with E-state index in [-0.39, 0.29) is 12.2 Å². The Kier molecular flexibility index (Phi) is 10.1. The van der Waals surface area contributed by atoms with Crippen LogP contribution in [0.25, 0.3) is 0 Å². The van der Waals surface area contributed by atoms with E-state index < -0.39 is 12.1 Å². The van der Waals surface area contributed by atoms with Crippen molar-refractivity contribution >= 4 is 29.5 Å². The Balaban J connectivity index is 1.40. The monoisotopic (exact) mass is 552 g/mol. The molecule has 11 heteroatoms. The van der Waals surface area contributed by atoms with Crippen LogP contribution >= 0.6 is 0 Å². The second kappa shape index (κ2) is 13.9. The van der Waals surface area contributed by atoms with E-state index in [1.165, 1.54) is 12.1 Å². The predicted octanol–water partition coefficient (Wildman–Crippen LogP) is 4.54. The van der Waals surface area contributed by atoms with Gasteiger partial charge in [-0.25, -0.2) is 9.18 Å². The first-order chi connectivity index (χ1) is 19.3. The molecule has 214 valence electrons. The van der Waals surface area contributed by atoms with Gasteiger partial charge in [0, 0.05) is 38.9 Å². The number of carbonyl (C=O) groups is 1. The number of aliphatic carboxylic acids is 1. The van der Waals surface area contributed by atoms with Gasteiger partial charge in [-0.05, 0) is 67.6 Å². The summed E-state index contributed by atoms with van der Waals surface area (Å²) in [4.78, 5) is 29.4. The molecule has 0 amide bonds. The van der Waals surface area contributed by atoms with Gasteiger partial charge < -0.3 is 29.7 Å². The summed E-state index contributed by atoms with van der Waals surface area (Å²) in [6, 6.07) is 13.4. The molecule has 0 saturated carbocycles. The van der Waals surface area contributed by atoms with Crippen molar-refractivity contribution in [1.29, 1.82) is 0 Å². The van der Waals surface area contributed by atoms with Crippen LogP contribution in [0.3, 0.4) is 0 Å². The number of ether oxygens (including phenoxy) is 2. The molecule has 1 unspecified atom stereocenters. The molecule has 40 heavy (non-hydrogen) atoms. The molecular weight excluding hydrogens is 515 g/mol. The molecule has 2 heterocycles. The normalized spacial score (nSPS) is 14.6. The van der Waals surface area contributed by atoms with Crippen molar-refractivity contribution < 1.29 is 23.8 Å². The van der Waals surface area contributed by atoms with Crippen LogP contribution in [0.5, 0.6) is 5.75 Å². The summed E-state index contributed by atoms with van der Waals surface area (Å²) in [7, 11) is 1.89. The van der Waals surface area contributed by atoms with Crippen LogP contribution in [-0.2, 0) is 16.0 Å². The first-order valence-corrected chi connectivity index (χ1v) is 13.6. The Hall–Kier alpha value is -3.99. The van der Waals surface area contributed by atoms with E-state index in [2.05, 4.69) is 27.1 Å². The maximum Gasteiger partial charge on any atom is 0.333 e. The molecule has 1 aliphatic heterocycles. The number of piperidine rings is 1. The van der Waals surface area contributed by atoms with Crippen LogP contribution in [0, 0.1) is 11.7 Å². The fraction of sp³-hybridized carbons (Fsp3) is 0.448. The number of rotatable bonds is 13. The van der Waals surface area contributed by atoms with E-state index in [1.807, 2.05) is 36.2 Å². The van der Waals surface area contributed by atoms with Crippen molar-refractivity contribution in [1.82, 2.24) is 15.0 Å². The molecule has 1 aliphatic rings. The lowest BCUT2D eigenvalue weighted by Gasteiger charge is -2.31. The zero-order valence-electron chi connectivity index (χ0n) is 23.2. The van der Waals surface area contributed by atoms with Crippen molar-refractivity contribution in [2.24, 2.45) is 5.92 Å². The minimum Gasteiger partial charge on any atom is -0.492 e. The molecule has 1 aromatic heterocycles. The maximum atomic E-state index is 13.4. The SMILES string of the molecule is CCOC(Cc1ccc(OCCN(C)c2nc(Nc3ccc(F)cc3)nc(N3CCC(C)CC3)n2)cc1)C(=O)O. The molecule has 10 nitrogen and oxygen atoms in total. The zero-order chi connectivity index (χ0) is 28.5. The first-order valence-electron chi connectivity index (χ1n) is 13.6. The number of halogens is 1. The van der Waals surface area contributed by atoms with Crippen molar-refractivity contribution in [2.75, 3.05) is 55.0 Å². The third-order valence-electron chi connectivity index (χ3n) is 6.80. The van der Waals surface area contributed by atoms with Crippen LogP contribution < -0.4 is 19.9 Å². The van der Waals surface area contributed by atoms with E-state index >= 15 is 0 Å². The highest BCUT2D eigenvalue weighted by Gasteiger charge is 2.21. The average Bonchev–Trinajstić information content (AvgIpc) is 2.95. The Bertz CT molecular complexity index is 1240. The van der Waals surface area contributed by atoms with Gasteiger partial charge in [-0.1, -0.05) is 19.1 Å². The number of carboxylic acid groups (broad SMARTS) is 1. The molecule has 0 radical (unpaired) electrons. The number of aromatic nitrogens is 3. The molecule has 1 fully saturated rings. The summed E-state index contributed by atoms with van der Waals surface area (Å²) in [5, 5.41) is 12.5. The average molecular weight is 553 g/mol. The molecule has 0 bridgehead atoms. The Morgan fingerprint density at radius 1 is 1.12 bits per heavy atom. The van der Waals surface area contributed by atoms with Gasteiger partial charge in [-0.3, -0.25) is 0 Å². The number of carboxylic acids is 1. The van der Waals surface area contributed by atoms with Crippen molar-refractivity contribution in [3.63, 3.8) is 0 Å². The standard InChI is InChI=1S/C29H37FN6O4/c1-4-39-25(26(37)38)19-21-5-11-24(12-6-21)40-18-17-35(3)28-32-27(31-23-9-7-22(30)8-10-23)33-29(34-28)36-15-13-20(2)14-16-36/h5-12,20,25H,4,13-19H2,1-3H3,(H,37,38)(H,31,32,33,34). The number of likely N-dealkylation sites (N-methyl/N-ethyl adjacent to an activating group) is 1. The summed E-state index contributed by atoms with van der Waals surface area (Å²) < 4.78 is 24.6. The number of hydrogen-bond donors (Lipinski definition) is 2. The number of benzene rings is 2. The number of nitrogens with zero attached hydrogens (tertiary/aromatic N) is 5. The lowest BCUT2D eigenvalue weighted by atomic mass is 10.00. The molecule has 1 saturated heterocycles. The smallest absolute Gasteiger partial charge is 0.333 e. The molecule has 2 aromatic carbocycles. The third-order valence-corrected chi connectivity index (χ3v) is 6.80. The van der Waals surface area contributed by atoms with Crippen molar-refractivity contribution in [3.8, 4) is 5.75 Å². The van der Waals surface area contributed by atoms with Crippen LogP contribution in [-0.4, -0.2) is 72.0 Å². The largest absolute Gasteiger partial charge is 0.492 e. The predicted molar refractivity (Wildman–Crippen MR) is 152 cm³/mol. The fourth-order valence-corrected chi connectivity index (χ4v) is 4.35. The summed E-state index contributed by atoms with van der Waals surface area (Å²) in [5.74, 6) is 1.57. The van der Waals surface area contributed by atoms with Gasteiger partial charge >= 0.3 is 5.97 Å². The molecule has 0 aliphatic carbocycles. The highest BCUT2D eigenvalue weighted by Crippen LogP contribution is 2.24. The van der Waals surface area contributed by atoms with E-state index in [0.717, 1.165) is 31.5 Å². The molecule has 3 aromatic rings. The van der Waals surface area contributed by atoms with E-state index in [9.17, 15) is 14.3 Å². The lowest BCUT2D eigenvalue weighted by Crippen LogP contribution is -2.35. The highest BCUT2D eigenvalue weighted by atomic mass is 19.1. The van der Waals surface area contributed by atoms with Crippen LogP contribution in [0.1, 0.15) is 32.3 Å². The fourth-order valence-electron chi connectivity index (χ4n) is 4.35. The van der Waals surface area contributed by atoms with Gasteiger partial charge in [0.1, 0.15) is 18.2 Å². The topological polar surface area (TPSA) is 113 Å². The number of anilines is 4. The maximum absolute atomic E-state index is 13.4. The second-order valence-corrected chi connectivity index (χ2v) is 9.96. The van der Waals surface area contributed by atoms with Crippen molar-refractivity contribution in [3.05, 3.63) is 59.9 Å². The quantitative estimate of drug-likeness (QED) is 0.313. The van der Waals surface area contributed by atoms with Crippen molar-refractivity contribution in [2.45, 2.75) is 39.2 Å². The molecular formula is C29H37FN6O4. The van der Waals surface area contributed by atoms with Gasteiger partial charge in [-0.15, -0.1) is 0 Å². The molecule has 4 rings (SSSR count). The first kappa shape index (κ1) is 29.0. The minimum atomic E-state index is -0.974. The summed E-state index contributed by atoms with van der Waals surface area (Å²) in [6.07, 6.45) is 1.57. The minimum absolute atomic E-state index is 0.290. The van der Waals surface area contributed by atoms with Crippen LogP contribution in [0.15, 0.2) is 48.5 Å². The molecule has 2 N–H and O–H groups in total. The Labute approximate surface area is 234 Å². The van der Waals surface area contributed by atoms with E-state index in [4.69, 9.17) is 14.5 Å². The van der Waals surface area contributed by atoms with Gasteiger partial charge in [-0.2, -0.15) is 15.0 Å². The lowest BCUT2D eigenvalue weighted by molar-refractivity contribution is -0.149. The van der Waals surface area contributed by atoms with Crippen LogP contribution in [0.4, 0.5) is 27.9 Å². The van der Waals surface area contributed by atoms with Gasteiger partial charge in [0.2, 0.25) is 17.8 Å². The molecule has 0 spiro atoms. The number of nitrogens with one attached hydrogen (secondary N) is 1. The van der Waals surface area contributed by atoms with Gasteiger partial charge in [0.05, 0.1) is 6.54 Å². The Morgan fingerprint density at radius 3 is 2.48 bits per heavy atom. The Morgan fingerprint density at radius 2 is 1.82 bits per heavy atom. The molecule has 1 atom stereocenters. The highest BCUT2D eigenvalue weighted by molar-refractivity contribution is 5.72. The van der Waals surface area contributed by atoms with Gasteiger partial charge in [0.15, 0.2) is 6.10 Å². The third kappa shape index (κ3) is 8.25. The van der Waals surface area contributed by atoms with E-state index in [1.54, 1.807) is 19.1 Å². The second-order valence-electron chi connectivity index (χ2n) is 9.96. The van der Waals surface area contributed by atoms with Gasteiger partial charge in [0.25, 0.3) is 0 Å². The summed E-state index contributed by atoms with van der Waals surface area (Å²) in [5.41, 5.74) is 1.54. The summed E-state index contributed by atoms with van der Waals surface area (Å²) in [6.45, 7) is 7.03. The van der Waals surface area contributed by atoms with Crippen LogP contribution in [0.2, 0.25) is 0 Å². The number of hydrogen-bond acceptors (Lipinski definition) is 9. The van der Waals surface area contributed by atoms with E-state index in [0.29, 0.717) is 55.0 Å². The summed E-state index contributed by atoms with van der Waals surface area (Å²) >= 11 is 0.